The summed E-state index contributed by atoms with van der Waals surface area (Å²) in [5.74, 6) is -0.0173. The summed E-state index contributed by atoms with van der Waals surface area (Å²) in [4.78, 5) is 12.1. The molecule has 1 amide bonds. The van der Waals surface area contributed by atoms with Gasteiger partial charge in [-0.1, -0.05) is 19.1 Å². The molecule has 0 unspecified atom stereocenters. The highest BCUT2D eigenvalue weighted by Gasteiger charge is 2.27. The summed E-state index contributed by atoms with van der Waals surface area (Å²) in [6, 6.07) is 7.43. The summed E-state index contributed by atoms with van der Waals surface area (Å²) in [7, 11) is 0. The predicted molar refractivity (Wildman–Crippen MR) is 74.8 cm³/mol. The monoisotopic (exact) mass is 262 g/mol. The summed E-state index contributed by atoms with van der Waals surface area (Å²) in [5.41, 5.74) is 7.42. The Hall–Kier alpha value is -1.39. The van der Waals surface area contributed by atoms with E-state index < -0.39 is 0 Å². The molecule has 0 bridgehead atoms. The van der Waals surface area contributed by atoms with E-state index in [0.717, 1.165) is 31.6 Å². The summed E-state index contributed by atoms with van der Waals surface area (Å²) >= 11 is 0. The quantitative estimate of drug-likeness (QED) is 0.868. The van der Waals surface area contributed by atoms with Crippen LogP contribution >= 0.6 is 0 Å². The number of amides is 1. The molecule has 4 heteroatoms. The molecule has 1 aliphatic heterocycles. The molecule has 0 radical (unpaired) electrons. The van der Waals surface area contributed by atoms with Crippen molar-refractivity contribution in [3.05, 3.63) is 35.4 Å². The fourth-order valence-electron chi connectivity index (χ4n) is 2.23. The lowest BCUT2D eigenvalue weighted by atomic mass is 9.82. The summed E-state index contributed by atoms with van der Waals surface area (Å²) in [6.45, 7) is 4.98. The van der Waals surface area contributed by atoms with E-state index in [1.54, 1.807) is 0 Å². The van der Waals surface area contributed by atoms with Gasteiger partial charge in [-0.2, -0.15) is 0 Å². The van der Waals surface area contributed by atoms with Gasteiger partial charge in [0, 0.05) is 31.9 Å². The number of hydrogen-bond donors (Lipinski definition) is 2. The molecular weight excluding hydrogens is 240 g/mol. The fourth-order valence-corrected chi connectivity index (χ4v) is 2.23. The molecule has 0 aliphatic carbocycles. The van der Waals surface area contributed by atoms with Crippen LogP contribution in [0.4, 0.5) is 0 Å². The second-order valence-corrected chi connectivity index (χ2v) is 5.51. The molecule has 0 atom stereocenters. The molecule has 104 valence electrons. The number of hydrogen-bond acceptors (Lipinski definition) is 3. The van der Waals surface area contributed by atoms with Gasteiger partial charge in [0.25, 0.3) is 5.91 Å². The van der Waals surface area contributed by atoms with Gasteiger partial charge >= 0.3 is 0 Å². The molecule has 1 fully saturated rings. The van der Waals surface area contributed by atoms with E-state index in [1.807, 2.05) is 24.3 Å². The summed E-state index contributed by atoms with van der Waals surface area (Å²) in [6.07, 6.45) is 2.00. The second kappa shape index (κ2) is 6.17. The number of carbonyl (C=O) groups is 1. The Morgan fingerprint density at radius 2 is 1.95 bits per heavy atom. The SMILES string of the molecule is CC1(CNC(=O)c2ccc(CN)cc2)CCOCC1. The molecule has 4 nitrogen and oxygen atoms in total. The Bertz CT molecular complexity index is 422. The lowest BCUT2D eigenvalue weighted by Gasteiger charge is -2.33. The number of carbonyl (C=O) groups excluding carboxylic acids is 1. The first-order valence-corrected chi connectivity index (χ1v) is 6.78. The van der Waals surface area contributed by atoms with Gasteiger partial charge < -0.3 is 15.8 Å². The highest BCUT2D eigenvalue weighted by molar-refractivity contribution is 5.94. The molecule has 1 aromatic carbocycles. The van der Waals surface area contributed by atoms with Gasteiger partial charge in [-0.25, -0.2) is 0 Å². The van der Waals surface area contributed by atoms with E-state index in [1.165, 1.54) is 0 Å². The highest BCUT2D eigenvalue weighted by atomic mass is 16.5. The second-order valence-electron chi connectivity index (χ2n) is 5.51. The van der Waals surface area contributed by atoms with Crippen molar-refractivity contribution in [1.29, 1.82) is 0 Å². The van der Waals surface area contributed by atoms with Crippen molar-refractivity contribution in [2.75, 3.05) is 19.8 Å². The minimum atomic E-state index is -0.0173. The van der Waals surface area contributed by atoms with Gasteiger partial charge in [-0.05, 0) is 36.0 Å². The average Bonchev–Trinajstić information content (AvgIpc) is 2.46. The number of nitrogens with two attached hydrogens (primary N) is 1. The minimum absolute atomic E-state index is 0.0173. The van der Waals surface area contributed by atoms with Gasteiger partial charge in [-0.3, -0.25) is 4.79 Å². The van der Waals surface area contributed by atoms with Gasteiger partial charge in [0.15, 0.2) is 0 Å². The molecule has 0 aromatic heterocycles. The van der Waals surface area contributed by atoms with Crippen LogP contribution in [0.2, 0.25) is 0 Å². The van der Waals surface area contributed by atoms with Crippen molar-refractivity contribution in [3.8, 4) is 0 Å². The Morgan fingerprint density at radius 3 is 2.53 bits per heavy atom. The molecule has 1 heterocycles. The Labute approximate surface area is 114 Å². The van der Waals surface area contributed by atoms with Crippen molar-refractivity contribution in [2.45, 2.75) is 26.3 Å². The van der Waals surface area contributed by atoms with Crippen molar-refractivity contribution in [2.24, 2.45) is 11.1 Å². The van der Waals surface area contributed by atoms with Crippen LogP contribution in [0, 0.1) is 5.41 Å². The number of rotatable bonds is 4. The summed E-state index contributed by atoms with van der Waals surface area (Å²) in [5, 5.41) is 3.02. The van der Waals surface area contributed by atoms with Crippen LogP contribution in [-0.2, 0) is 11.3 Å². The van der Waals surface area contributed by atoms with E-state index in [9.17, 15) is 4.79 Å². The van der Waals surface area contributed by atoms with Gasteiger partial charge in [0.1, 0.15) is 0 Å². The van der Waals surface area contributed by atoms with Crippen LogP contribution in [0.5, 0.6) is 0 Å². The first-order valence-electron chi connectivity index (χ1n) is 6.78. The van der Waals surface area contributed by atoms with Crippen LogP contribution in [0.3, 0.4) is 0 Å². The highest BCUT2D eigenvalue weighted by Crippen LogP contribution is 2.28. The largest absolute Gasteiger partial charge is 0.381 e. The molecule has 0 spiro atoms. The number of nitrogens with one attached hydrogen (secondary N) is 1. The molecule has 0 saturated carbocycles. The maximum absolute atomic E-state index is 12.1. The smallest absolute Gasteiger partial charge is 0.251 e. The maximum Gasteiger partial charge on any atom is 0.251 e. The standard InChI is InChI=1S/C15H22N2O2/c1-15(6-8-19-9-7-15)11-17-14(18)13-4-2-12(10-16)3-5-13/h2-5H,6-11,16H2,1H3,(H,17,18). The van der Waals surface area contributed by atoms with Crippen molar-refractivity contribution >= 4 is 5.91 Å². The first kappa shape index (κ1) is 14.0. The summed E-state index contributed by atoms with van der Waals surface area (Å²) < 4.78 is 5.36. The third-order valence-electron chi connectivity index (χ3n) is 3.83. The molecular formula is C15H22N2O2. The van der Waals surface area contributed by atoms with Gasteiger partial charge in [0.05, 0.1) is 0 Å². The van der Waals surface area contributed by atoms with E-state index in [0.29, 0.717) is 18.7 Å². The van der Waals surface area contributed by atoms with Crippen LogP contribution < -0.4 is 11.1 Å². The first-order chi connectivity index (χ1) is 9.13. The zero-order chi connectivity index (χ0) is 13.7. The van der Waals surface area contributed by atoms with Gasteiger partial charge in [-0.15, -0.1) is 0 Å². The van der Waals surface area contributed by atoms with E-state index in [-0.39, 0.29) is 11.3 Å². The van der Waals surface area contributed by atoms with E-state index >= 15 is 0 Å². The minimum Gasteiger partial charge on any atom is -0.381 e. The topological polar surface area (TPSA) is 64.4 Å². The third-order valence-corrected chi connectivity index (χ3v) is 3.83. The molecule has 1 aliphatic rings. The van der Waals surface area contributed by atoms with Gasteiger partial charge in [0.2, 0.25) is 0 Å². The zero-order valence-corrected chi connectivity index (χ0v) is 11.4. The van der Waals surface area contributed by atoms with Crippen molar-refractivity contribution in [3.63, 3.8) is 0 Å². The lowest BCUT2D eigenvalue weighted by molar-refractivity contribution is 0.0238. The van der Waals surface area contributed by atoms with Crippen molar-refractivity contribution < 1.29 is 9.53 Å². The number of benzene rings is 1. The fraction of sp³-hybridized carbons (Fsp3) is 0.533. The van der Waals surface area contributed by atoms with E-state index in [4.69, 9.17) is 10.5 Å². The molecule has 1 saturated heterocycles. The average molecular weight is 262 g/mol. The normalized spacial score (nSPS) is 18.0. The Kier molecular flexibility index (Phi) is 4.56. The molecule has 2 rings (SSSR count). The number of ether oxygens (including phenoxy) is 1. The molecule has 3 N–H and O–H groups in total. The van der Waals surface area contributed by atoms with E-state index in [2.05, 4.69) is 12.2 Å². The van der Waals surface area contributed by atoms with Crippen molar-refractivity contribution in [1.82, 2.24) is 5.32 Å². The van der Waals surface area contributed by atoms with Crippen LogP contribution in [0.15, 0.2) is 24.3 Å². The predicted octanol–water partition coefficient (Wildman–Crippen LogP) is 1.69. The molecule has 1 aromatic rings. The molecule has 19 heavy (non-hydrogen) atoms. The maximum atomic E-state index is 12.1. The Balaban J connectivity index is 1.89. The van der Waals surface area contributed by atoms with Crippen LogP contribution in [0.25, 0.3) is 0 Å². The zero-order valence-electron chi connectivity index (χ0n) is 11.4. The van der Waals surface area contributed by atoms with Crippen LogP contribution in [-0.4, -0.2) is 25.7 Å². The lowest BCUT2D eigenvalue weighted by Crippen LogP contribution is -2.39. The third kappa shape index (κ3) is 3.78. The van der Waals surface area contributed by atoms with Crippen LogP contribution in [0.1, 0.15) is 35.7 Å². The Morgan fingerprint density at radius 1 is 1.32 bits per heavy atom.